The molecule has 1 saturated heterocycles. The highest BCUT2D eigenvalue weighted by Gasteiger charge is 2.24. The third kappa shape index (κ3) is 3.74. The second-order valence-corrected chi connectivity index (χ2v) is 4.91. The van der Waals surface area contributed by atoms with Crippen LogP contribution in [0.5, 0.6) is 0 Å². The summed E-state index contributed by atoms with van der Waals surface area (Å²) in [5.41, 5.74) is 1.09. The summed E-state index contributed by atoms with van der Waals surface area (Å²) in [6.07, 6.45) is -0.164. The van der Waals surface area contributed by atoms with E-state index in [-0.39, 0.29) is 18.8 Å². The van der Waals surface area contributed by atoms with Crippen LogP contribution in [0.1, 0.15) is 18.1 Å². The van der Waals surface area contributed by atoms with Crippen molar-refractivity contribution in [1.82, 2.24) is 4.90 Å². The number of aliphatic hydroxyl groups is 1. The van der Waals surface area contributed by atoms with Crippen molar-refractivity contribution in [1.29, 1.82) is 5.26 Å². The van der Waals surface area contributed by atoms with Crippen molar-refractivity contribution >= 4 is 0 Å². The molecule has 1 aromatic carbocycles. The summed E-state index contributed by atoms with van der Waals surface area (Å²) >= 11 is 0. The van der Waals surface area contributed by atoms with Crippen LogP contribution >= 0.6 is 0 Å². The van der Waals surface area contributed by atoms with Crippen LogP contribution in [-0.4, -0.2) is 41.9 Å². The molecule has 1 aliphatic heterocycles. The predicted octanol–water partition coefficient (Wildman–Crippen LogP) is 1.28. The SMILES string of the molecule is CC1CN(Cc2cc(F)cc(C#N)c2)CC(CO)O1. The summed E-state index contributed by atoms with van der Waals surface area (Å²) in [6, 6.07) is 6.31. The Bertz CT molecular complexity index is 487. The molecular weight excluding hydrogens is 247 g/mol. The zero-order valence-corrected chi connectivity index (χ0v) is 10.8. The van der Waals surface area contributed by atoms with Gasteiger partial charge in [-0.3, -0.25) is 4.90 Å². The molecule has 19 heavy (non-hydrogen) atoms. The minimum absolute atomic E-state index is 0.0204. The van der Waals surface area contributed by atoms with Gasteiger partial charge in [0, 0.05) is 19.6 Å². The largest absolute Gasteiger partial charge is 0.394 e. The van der Waals surface area contributed by atoms with E-state index in [0.29, 0.717) is 18.7 Å². The number of aliphatic hydroxyl groups excluding tert-OH is 1. The maximum absolute atomic E-state index is 13.4. The van der Waals surface area contributed by atoms with Gasteiger partial charge < -0.3 is 9.84 Å². The van der Waals surface area contributed by atoms with Gasteiger partial charge in [-0.15, -0.1) is 0 Å². The average Bonchev–Trinajstić information content (AvgIpc) is 2.37. The summed E-state index contributed by atoms with van der Waals surface area (Å²) in [7, 11) is 0. The first-order valence-corrected chi connectivity index (χ1v) is 6.29. The second-order valence-electron chi connectivity index (χ2n) is 4.91. The molecule has 1 aliphatic rings. The number of hydrogen-bond acceptors (Lipinski definition) is 4. The quantitative estimate of drug-likeness (QED) is 0.893. The second kappa shape index (κ2) is 6.11. The van der Waals surface area contributed by atoms with Crippen LogP contribution in [0.15, 0.2) is 18.2 Å². The number of nitriles is 1. The highest BCUT2D eigenvalue weighted by atomic mass is 19.1. The lowest BCUT2D eigenvalue weighted by molar-refractivity contribution is -0.0972. The summed E-state index contributed by atoms with van der Waals surface area (Å²) < 4.78 is 18.9. The lowest BCUT2D eigenvalue weighted by Gasteiger charge is -2.36. The van der Waals surface area contributed by atoms with E-state index in [0.717, 1.165) is 12.1 Å². The molecule has 0 aliphatic carbocycles. The van der Waals surface area contributed by atoms with Gasteiger partial charge in [0.1, 0.15) is 5.82 Å². The van der Waals surface area contributed by atoms with Crippen LogP contribution in [-0.2, 0) is 11.3 Å². The fraction of sp³-hybridized carbons (Fsp3) is 0.500. The van der Waals surface area contributed by atoms with E-state index in [2.05, 4.69) is 4.90 Å². The molecule has 5 heteroatoms. The Morgan fingerprint density at radius 3 is 2.95 bits per heavy atom. The van der Waals surface area contributed by atoms with Gasteiger partial charge in [-0.1, -0.05) is 0 Å². The van der Waals surface area contributed by atoms with Crippen LogP contribution in [0.2, 0.25) is 0 Å². The molecule has 0 saturated carbocycles. The van der Waals surface area contributed by atoms with Crippen molar-refractivity contribution in [3.8, 4) is 6.07 Å². The van der Waals surface area contributed by atoms with Crippen molar-refractivity contribution in [2.45, 2.75) is 25.7 Å². The Morgan fingerprint density at radius 1 is 1.47 bits per heavy atom. The van der Waals surface area contributed by atoms with Gasteiger partial charge in [0.25, 0.3) is 0 Å². The minimum atomic E-state index is -0.394. The number of morpholine rings is 1. The molecule has 0 spiro atoms. The van der Waals surface area contributed by atoms with E-state index in [9.17, 15) is 4.39 Å². The smallest absolute Gasteiger partial charge is 0.124 e. The summed E-state index contributed by atoms with van der Waals surface area (Å²) in [6.45, 7) is 3.82. The number of halogens is 1. The number of rotatable bonds is 3. The van der Waals surface area contributed by atoms with Gasteiger partial charge >= 0.3 is 0 Å². The van der Waals surface area contributed by atoms with Gasteiger partial charge in [-0.05, 0) is 30.7 Å². The molecule has 102 valence electrons. The number of benzene rings is 1. The molecule has 0 bridgehead atoms. The molecule has 0 aromatic heterocycles. The third-order valence-electron chi connectivity index (χ3n) is 3.10. The minimum Gasteiger partial charge on any atom is -0.394 e. The highest BCUT2D eigenvalue weighted by Crippen LogP contribution is 2.16. The Kier molecular flexibility index (Phi) is 4.48. The van der Waals surface area contributed by atoms with Gasteiger partial charge in [0.2, 0.25) is 0 Å². The first-order valence-electron chi connectivity index (χ1n) is 6.29. The normalized spacial score (nSPS) is 24.1. The fourth-order valence-electron chi connectivity index (χ4n) is 2.44. The van der Waals surface area contributed by atoms with Crippen LogP contribution < -0.4 is 0 Å². The lowest BCUT2D eigenvalue weighted by Crippen LogP contribution is -2.47. The van der Waals surface area contributed by atoms with Crippen molar-refractivity contribution < 1.29 is 14.2 Å². The van der Waals surface area contributed by atoms with E-state index in [1.54, 1.807) is 6.07 Å². The monoisotopic (exact) mass is 264 g/mol. The fourth-order valence-corrected chi connectivity index (χ4v) is 2.44. The zero-order chi connectivity index (χ0) is 13.8. The standard InChI is InChI=1S/C14H17FN2O2/c1-10-6-17(8-14(9-18)19-10)7-12-2-11(5-16)3-13(15)4-12/h2-4,10,14,18H,6-9H2,1H3. The lowest BCUT2D eigenvalue weighted by atomic mass is 10.1. The van der Waals surface area contributed by atoms with E-state index in [1.165, 1.54) is 12.1 Å². The molecule has 2 rings (SSSR count). The Morgan fingerprint density at radius 2 is 2.26 bits per heavy atom. The number of ether oxygens (including phenoxy) is 1. The molecule has 1 N–H and O–H groups in total. The van der Waals surface area contributed by atoms with E-state index in [4.69, 9.17) is 15.1 Å². The Balaban J connectivity index is 2.08. The van der Waals surface area contributed by atoms with Gasteiger partial charge in [-0.2, -0.15) is 5.26 Å². The number of hydrogen-bond donors (Lipinski definition) is 1. The van der Waals surface area contributed by atoms with Gasteiger partial charge in [0.05, 0.1) is 30.4 Å². The molecule has 1 heterocycles. The first-order chi connectivity index (χ1) is 9.10. The van der Waals surface area contributed by atoms with Crippen LogP contribution in [0.25, 0.3) is 0 Å². The Hall–Kier alpha value is -1.48. The van der Waals surface area contributed by atoms with Crippen LogP contribution in [0.4, 0.5) is 4.39 Å². The van der Waals surface area contributed by atoms with Gasteiger partial charge in [0.15, 0.2) is 0 Å². The number of nitrogens with zero attached hydrogens (tertiary/aromatic N) is 2. The third-order valence-corrected chi connectivity index (χ3v) is 3.10. The topological polar surface area (TPSA) is 56.5 Å². The van der Waals surface area contributed by atoms with Crippen LogP contribution in [0.3, 0.4) is 0 Å². The van der Waals surface area contributed by atoms with Crippen LogP contribution in [0, 0.1) is 17.1 Å². The van der Waals surface area contributed by atoms with E-state index >= 15 is 0 Å². The maximum atomic E-state index is 13.4. The summed E-state index contributed by atoms with van der Waals surface area (Å²) in [5, 5.41) is 18.0. The van der Waals surface area contributed by atoms with E-state index < -0.39 is 5.82 Å². The molecule has 2 unspecified atom stereocenters. The maximum Gasteiger partial charge on any atom is 0.124 e. The molecular formula is C14H17FN2O2. The molecule has 0 radical (unpaired) electrons. The molecule has 1 fully saturated rings. The highest BCUT2D eigenvalue weighted by molar-refractivity contribution is 5.33. The van der Waals surface area contributed by atoms with Crippen molar-refractivity contribution in [2.75, 3.05) is 19.7 Å². The molecule has 2 atom stereocenters. The molecule has 0 amide bonds. The van der Waals surface area contributed by atoms with Gasteiger partial charge in [-0.25, -0.2) is 4.39 Å². The molecule has 4 nitrogen and oxygen atoms in total. The summed E-state index contributed by atoms with van der Waals surface area (Å²) in [4.78, 5) is 2.10. The van der Waals surface area contributed by atoms with E-state index in [1.807, 2.05) is 13.0 Å². The average molecular weight is 264 g/mol. The molecule has 1 aromatic rings. The summed E-state index contributed by atoms with van der Waals surface area (Å²) in [5.74, 6) is -0.394. The predicted molar refractivity (Wildman–Crippen MR) is 67.8 cm³/mol. The zero-order valence-electron chi connectivity index (χ0n) is 10.8. The van der Waals surface area contributed by atoms with Crippen molar-refractivity contribution in [2.24, 2.45) is 0 Å². The Labute approximate surface area is 112 Å². The first kappa shape index (κ1) is 13.9. The van der Waals surface area contributed by atoms with Crippen molar-refractivity contribution in [3.63, 3.8) is 0 Å². The van der Waals surface area contributed by atoms with Crippen molar-refractivity contribution in [3.05, 3.63) is 35.1 Å².